The molecular formula is C8H17NO. The molecule has 0 saturated carbocycles. The van der Waals surface area contributed by atoms with Crippen LogP contribution in [0.3, 0.4) is 0 Å². The fourth-order valence-corrected chi connectivity index (χ4v) is 1.39. The molecular weight excluding hydrogens is 126 g/mol. The van der Waals surface area contributed by atoms with Crippen LogP contribution in [0.2, 0.25) is 0 Å². The molecule has 2 nitrogen and oxygen atoms in total. The van der Waals surface area contributed by atoms with E-state index in [9.17, 15) is 0 Å². The van der Waals surface area contributed by atoms with Gasteiger partial charge in [0, 0.05) is 11.6 Å². The first kappa shape index (κ1) is 8.02. The number of hydrogen-bond donors (Lipinski definition) is 0. The Morgan fingerprint density at radius 1 is 1.40 bits per heavy atom. The van der Waals surface area contributed by atoms with E-state index in [2.05, 4.69) is 32.6 Å². The summed E-state index contributed by atoms with van der Waals surface area (Å²) in [5.41, 5.74) is 0.260. The van der Waals surface area contributed by atoms with E-state index in [0.717, 1.165) is 13.3 Å². The van der Waals surface area contributed by atoms with Crippen LogP contribution in [0.1, 0.15) is 27.7 Å². The molecule has 1 aliphatic rings. The number of rotatable bonds is 0. The lowest BCUT2D eigenvalue weighted by Gasteiger charge is -2.33. The summed E-state index contributed by atoms with van der Waals surface area (Å²) in [6.45, 7) is 10.6. The number of ether oxygens (including phenoxy) is 1. The molecule has 1 atom stereocenters. The van der Waals surface area contributed by atoms with Crippen molar-refractivity contribution in [2.75, 3.05) is 13.3 Å². The molecule has 1 aliphatic heterocycles. The van der Waals surface area contributed by atoms with Crippen molar-refractivity contribution in [1.29, 1.82) is 0 Å². The van der Waals surface area contributed by atoms with Crippen LogP contribution in [0.25, 0.3) is 0 Å². The largest absolute Gasteiger partial charge is 0.364 e. The Hall–Kier alpha value is -0.0800. The predicted octanol–water partition coefficient (Wildman–Crippen LogP) is 1.46. The molecule has 0 aromatic carbocycles. The van der Waals surface area contributed by atoms with Gasteiger partial charge in [-0.2, -0.15) is 0 Å². The second-order valence-corrected chi connectivity index (χ2v) is 3.99. The van der Waals surface area contributed by atoms with Crippen LogP contribution in [0, 0.1) is 0 Å². The Morgan fingerprint density at radius 3 is 2.20 bits per heavy atom. The molecule has 0 N–H and O–H groups in total. The van der Waals surface area contributed by atoms with Gasteiger partial charge >= 0.3 is 0 Å². The maximum absolute atomic E-state index is 5.32. The maximum atomic E-state index is 5.32. The number of hydrogen-bond acceptors (Lipinski definition) is 2. The average molecular weight is 143 g/mol. The van der Waals surface area contributed by atoms with Gasteiger partial charge in [0.1, 0.15) is 0 Å². The third kappa shape index (κ3) is 1.50. The number of nitrogens with zero attached hydrogens (tertiary/aromatic N) is 1. The van der Waals surface area contributed by atoms with Gasteiger partial charge in [-0.3, -0.25) is 4.90 Å². The standard InChI is InChI=1S/C8H17NO/c1-7-5-10-6-9(7)8(2,3)4/h7H,5-6H2,1-4H3/t7-/m1/s1. The van der Waals surface area contributed by atoms with Crippen molar-refractivity contribution in [3.63, 3.8) is 0 Å². The lowest BCUT2D eigenvalue weighted by molar-refractivity contribution is 0.0738. The van der Waals surface area contributed by atoms with E-state index in [1.807, 2.05) is 0 Å². The molecule has 0 aromatic rings. The van der Waals surface area contributed by atoms with Crippen LogP contribution in [0.5, 0.6) is 0 Å². The molecule has 0 unspecified atom stereocenters. The monoisotopic (exact) mass is 143 g/mol. The Labute approximate surface area is 63.2 Å². The molecule has 10 heavy (non-hydrogen) atoms. The molecule has 0 aromatic heterocycles. The SMILES string of the molecule is C[C@@H]1COCN1C(C)(C)C. The fourth-order valence-electron chi connectivity index (χ4n) is 1.39. The predicted molar refractivity (Wildman–Crippen MR) is 41.9 cm³/mol. The van der Waals surface area contributed by atoms with Gasteiger partial charge in [0.05, 0.1) is 13.3 Å². The van der Waals surface area contributed by atoms with E-state index in [1.165, 1.54) is 0 Å². The van der Waals surface area contributed by atoms with Crippen LogP contribution in [0.4, 0.5) is 0 Å². The van der Waals surface area contributed by atoms with Crippen molar-refractivity contribution in [1.82, 2.24) is 4.90 Å². The molecule has 0 amide bonds. The highest BCUT2D eigenvalue weighted by Gasteiger charge is 2.30. The first-order chi connectivity index (χ1) is 4.52. The van der Waals surface area contributed by atoms with Crippen molar-refractivity contribution in [2.45, 2.75) is 39.3 Å². The van der Waals surface area contributed by atoms with Gasteiger partial charge < -0.3 is 4.74 Å². The fraction of sp³-hybridized carbons (Fsp3) is 1.00. The van der Waals surface area contributed by atoms with E-state index in [-0.39, 0.29) is 5.54 Å². The van der Waals surface area contributed by atoms with Crippen molar-refractivity contribution in [3.05, 3.63) is 0 Å². The summed E-state index contributed by atoms with van der Waals surface area (Å²) < 4.78 is 5.32. The third-order valence-corrected chi connectivity index (χ3v) is 1.98. The normalized spacial score (nSPS) is 29.4. The molecule has 2 heteroatoms. The summed E-state index contributed by atoms with van der Waals surface area (Å²) >= 11 is 0. The van der Waals surface area contributed by atoms with Gasteiger partial charge in [0.15, 0.2) is 0 Å². The Kier molecular flexibility index (Phi) is 2.02. The average Bonchev–Trinajstić information content (AvgIpc) is 2.11. The minimum atomic E-state index is 0.260. The molecule has 0 bridgehead atoms. The van der Waals surface area contributed by atoms with Gasteiger partial charge in [0.2, 0.25) is 0 Å². The summed E-state index contributed by atoms with van der Waals surface area (Å²) in [6, 6.07) is 0.583. The van der Waals surface area contributed by atoms with Gasteiger partial charge in [-0.1, -0.05) is 0 Å². The first-order valence-corrected chi connectivity index (χ1v) is 3.86. The minimum absolute atomic E-state index is 0.260. The van der Waals surface area contributed by atoms with E-state index in [1.54, 1.807) is 0 Å². The summed E-state index contributed by atoms with van der Waals surface area (Å²) in [6.07, 6.45) is 0. The van der Waals surface area contributed by atoms with Gasteiger partial charge in [-0.15, -0.1) is 0 Å². The lowest BCUT2D eigenvalue weighted by Crippen LogP contribution is -2.43. The Balaban J connectivity index is 2.55. The first-order valence-electron chi connectivity index (χ1n) is 3.86. The molecule has 0 aliphatic carbocycles. The summed E-state index contributed by atoms with van der Waals surface area (Å²) in [4.78, 5) is 2.37. The van der Waals surface area contributed by atoms with Crippen LogP contribution < -0.4 is 0 Å². The molecule has 0 radical (unpaired) electrons. The molecule has 1 heterocycles. The topological polar surface area (TPSA) is 12.5 Å². The molecule has 1 rings (SSSR count). The summed E-state index contributed by atoms with van der Waals surface area (Å²) in [7, 11) is 0. The van der Waals surface area contributed by atoms with E-state index >= 15 is 0 Å². The Bertz CT molecular complexity index is 117. The van der Waals surface area contributed by atoms with E-state index in [0.29, 0.717) is 6.04 Å². The minimum Gasteiger partial charge on any atom is -0.364 e. The highest BCUT2D eigenvalue weighted by molar-refractivity contribution is 4.81. The Morgan fingerprint density at radius 2 is 2.00 bits per heavy atom. The zero-order valence-corrected chi connectivity index (χ0v) is 7.35. The van der Waals surface area contributed by atoms with Crippen LogP contribution in [-0.2, 0) is 4.74 Å². The van der Waals surface area contributed by atoms with Gasteiger partial charge in [0.25, 0.3) is 0 Å². The van der Waals surface area contributed by atoms with Crippen molar-refractivity contribution >= 4 is 0 Å². The van der Waals surface area contributed by atoms with Gasteiger partial charge in [-0.25, -0.2) is 0 Å². The maximum Gasteiger partial charge on any atom is 0.0998 e. The molecule has 60 valence electrons. The van der Waals surface area contributed by atoms with Gasteiger partial charge in [-0.05, 0) is 27.7 Å². The van der Waals surface area contributed by atoms with E-state index < -0.39 is 0 Å². The van der Waals surface area contributed by atoms with Crippen LogP contribution in [0.15, 0.2) is 0 Å². The highest BCUT2D eigenvalue weighted by Crippen LogP contribution is 2.20. The second-order valence-electron chi connectivity index (χ2n) is 3.99. The molecule has 1 fully saturated rings. The smallest absolute Gasteiger partial charge is 0.0998 e. The lowest BCUT2D eigenvalue weighted by atomic mass is 10.1. The summed E-state index contributed by atoms with van der Waals surface area (Å²) in [5.74, 6) is 0. The molecule has 0 spiro atoms. The second kappa shape index (κ2) is 2.51. The highest BCUT2D eigenvalue weighted by atomic mass is 16.5. The third-order valence-electron chi connectivity index (χ3n) is 1.98. The zero-order chi connectivity index (χ0) is 7.78. The van der Waals surface area contributed by atoms with Crippen molar-refractivity contribution in [2.24, 2.45) is 0 Å². The summed E-state index contributed by atoms with van der Waals surface area (Å²) in [5, 5.41) is 0. The quantitative estimate of drug-likeness (QED) is 0.509. The van der Waals surface area contributed by atoms with Crippen LogP contribution in [-0.4, -0.2) is 29.8 Å². The van der Waals surface area contributed by atoms with E-state index in [4.69, 9.17) is 4.74 Å². The van der Waals surface area contributed by atoms with Crippen LogP contribution >= 0.6 is 0 Å². The van der Waals surface area contributed by atoms with Crippen molar-refractivity contribution in [3.8, 4) is 0 Å². The van der Waals surface area contributed by atoms with Crippen molar-refractivity contribution < 1.29 is 4.74 Å². The molecule has 1 saturated heterocycles. The zero-order valence-electron chi connectivity index (χ0n) is 7.35.